The maximum Gasteiger partial charge on any atom is 0.311 e. The Morgan fingerprint density at radius 2 is 1.96 bits per heavy atom. The Kier molecular flexibility index (Phi) is 6.87. The summed E-state index contributed by atoms with van der Waals surface area (Å²) in [5.74, 6) is 0.683. The smallest absolute Gasteiger partial charge is 0.311 e. The van der Waals surface area contributed by atoms with Gasteiger partial charge in [0.25, 0.3) is 0 Å². The highest BCUT2D eigenvalue weighted by atomic mass is 32.1. The van der Waals surface area contributed by atoms with Crippen molar-refractivity contribution in [1.29, 1.82) is 0 Å². The van der Waals surface area contributed by atoms with Gasteiger partial charge in [-0.15, -0.1) is 11.3 Å². The Bertz CT molecular complexity index is 808. The maximum atomic E-state index is 11.8. The lowest BCUT2D eigenvalue weighted by Gasteiger charge is -2.34. The van der Waals surface area contributed by atoms with Crippen LogP contribution in [0.15, 0.2) is 29.6 Å². The topological polar surface area (TPSA) is 48.1 Å². The van der Waals surface area contributed by atoms with Crippen LogP contribution in [0, 0.1) is 3.95 Å². The third-order valence-electron chi connectivity index (χ3n) is 4.78. The first-order valence-corrected chi connectivity index (χ1v) is 10.4. The number of thiazole rings is 1. The zero-order valence-electron chi connectivity index (χ0n) is 15.8. The van der Waals surface area contributed by atoms with Crippen LogP contribution < -0.4 is 14.5 Å². The van der Waals surface area contributed by atoms with Crippen LogP contribution in [0.3, 0.4) is 0 Å². The van der Waals surface area contributed by atoms with Crippen LogP contribution in [0.1, 0.15) is 12.6 Å². The van der Waals surface area contributed by atoms with E-state index in [1.807, 2.05) is 24.4 Å². The number of hydrogen-bond acceptors (Lipinski definition) is 6. The van der Waals surface area contributed by atoms with E-state index in [9.17, 15) is 4.79 Å². The average molecular weight is 409 g/mol. The summed E-state index contributed by atoms with van der Waals surface area (Å²) in [6.07, 6.45) is 0.284. The Hall–Kier alpha value is -1.90. The van der Waals surface area contributed by atoms with Gasteiger partial charge in [-0.25, -0.2) is 0 Å². The molecular weight excluding hydrogens is 382 g/mol. The van der Waals surface area contributed by atoms with Crippen molar-refractivity contribution in [3.63, 3.8) is 0 Å². The highest BCUT2D eigenvalue weighted by Gasteiger charge is 2.22. The molecule has 2 aromatic rings. The highest BCUT2D eigenvalue weighted by Crippen LogP contribution is 2.19. The molecule has 1 N–H and O–H groups in total. The molecule has 1 aliphatic rings. The third-order valence-corrected chi connectivity index (χ3v) is 6.10. The summed E-state index contributed by atoms with van der Waals surface area (Å²) >= 11 is 6.99. The maximum absolute atomic E-state index is 11.8. The van der Waals surface area contributed by atoms with Crippen molar-refractivity contribution in [2.75, 3.05) is 44.8 Å². The Balaban J connectivity index is 1.58. The van der Waals surface area contributed by atoms with Gasteiger partial charge in [0.05, 0.1) is 46.3 Å². The minimum absolute atomic E-state index is 0.196. The minimum atomic E-state index is -0.196. The molecule has 0 spiro atoms. The Morgan fingerprint density at radius 3 is 2.59 bits per heavy atom. The van der Waals surface area contributed by atoms with Gasteiger partial charge in [-0.05, 0) is 43.4 Å². The largest absolute Gasteiger partial charge is 0.497 e. The van der Waals surface area contributed by atoms with Crippen LogP contribution in [0.4, 0.5) is 5.69 Å². The summed E-state index contributed by atoms with van der Waals surface area (Å²) in [4.78, 5) is 15.7. The van der Waals surface area contributed by atoms with Crippen LogP contribution in [-0.2, 0) is 22.6 Å². The van der Waals surface area contributed by atoms with Crippen molar-refractivity contribution < 1.29 is 19.2 Å². The van der Waals surface area contributed by atoms with E-state index in [4.69, 9.17) is 21.7 Å². The first kappa shape index (κ1) is 19.9. The molecule has 0 aliphatic carbocycles. The molecule has 27 heavy (non-hydrogen) atoms. The lowest BCUT2D eigenvalue weighted by Crippen LogP contribution is -3.14. The molecule has 1 aromatic heterocycles. The number of quaternary nitrogens is 1. The van der Waals surface area contributed by atoms with Gasteiger partial charge in [0.2, 0.25) is 0 Å². The number of esters is 1. The molecule has 0 radical (unpaired) electrons. The normalized spacial score (nSPS) is 15.0. The number of hydrogen-bond donors (Lipinski definition) is 1. The van der Waals surface area contributed by atoms with Gasteiger partial charge < -0.3 is 19.3 Å². The molecular formula is C19H26N3O3S2+. The van der Waals surface area contributed by atoms with Gasteiger partial charge in [-0.2, -0.15) is 0 Å². The summed E-state index contributed by atoms with van der Waals surface area (Å²) in [6, 6.07) is 8.22. The van der Waals surface area contributed by atoms with Gasteiger partial charge >= 0.3 is 5.97 Å². The minimum Gasteiger partial charge on any atom is -0.497 e. The van der Waals surface area contributed by atoms with Crippen molar-refractivity contribution in [1.82, 2.24) is 4.57 Å². The van der Waals surface area contributed by atoms with Crippen molar-refractivity contribution in [2.24, 2.45) is 0 Å². The highest BCUT2D eigenvalue weighted by molar-refractivity contribution is 7.73. The quantitative estimate of drug-likeness (QED) is 0.559. The van der Waals surface area contributed by atoms with Crippen LogP contribution in [0.2, 0.25) is 0 Å². The number of aromatic nitrogens is 1. The molecule has 146 valence electrons. The van der Waals surface area contributed by atoms with E-state index in [1.165, 1.54) is 21.9 Å². The second kappa shape index (κ2) is 9.34. The number of carbonyl (C=O) groups excluding carboxylic acids is 1. The second-order valence-electron chi connectivity index (χ2n) is 6.50. The van der Waals surface area contributed by atoms with E-state index >= 15 is 0 Å². The molecule has 0 amide bonds. The summed E-state index contributed by atoms with van der Waals surface area (Å²) in [5, 5.41) is 1.98. The Labute approximate surface area is 168 Å². The van der Waals surface area contributed by atoms with E-state index in [1.54, 1.807) is 7.11 Å². The summed E-state index contributed by atoms with van der Waals surface area (Å²) in [7, 11) is 1.68. The van der Waals surface area contributed by atoms with Gasteiger partial charge in [-0.3, -0.25) is 9.36 Å². The molecule has 1 aromatic carbocycles. The number of anilines is 1. The first-order chi connectivity index (χ1) is 13.1. The first-order valence-electron chi connectivity index (χ1n) is 9.16. The van der Waals surface area contributed by atoms with Crippen molar-refractivity contribution in [3.05, 3.63) is 39.3 Å². The SMILES string of the molecule is CCOC(=O)Cc1csc(=S)n1C[NH+]1CCN(c2ccc(OC)cc2)CC1. The number of nitrogens with zero attached hydrogens (tertiary/aromatic N) is 2. The van der Waals surface area contributed by atoms with Crippen molar-refractivity contribution in [2.45, 2.75) is 20.0 Å². The lowest BCUT2D eigenvalue weighted by molar-refractivity contribution is -0.923. The predicted molar refractivity (Wildman–Crippen MR) is 109 cm³/mol. The molecule has 2 heterocycles. The lowest BCUT2D eigenvalue weighted by atomic mass is 10.2. The second-order valence-corrected chi connectivity index (χ2v) is 8.00. The summed E-state index contributed by atoms with van der Waals surface area (Å²) in [6.45, 7) is 7.07. The van der Waals surface area contributed by atoms with E-state index in [0.29, 0.717) is 6.61 Å². The zero-order valence-corrected chi connectivity index (χ0v) is 17.4. The Morgan fingerprint density at radius 1 is 1.26 bits per heavy atom. The number of rotatable bonds is 7. The fourth-order valence-electron chi connectivity index (χ4n) is 3.28. The van der Waals surface area contributed by atoms with Gasteiger partial charge in [0.15, 0.2) is 10.6 Å². The average Bonchev–Trinajstić information content (AvgIpc) is 3.02. The van der Waals surface area contributed by atoms with Crippen LogP contribution in [-0.4, -0.2) is 50.4 Å². The number of carbonyl (C=O) groups is 1. The molecule has 3 rings (SSSR count). The van der Waals surface area contributed by atoms with Crippen molar-refractivity contribution >= 4 is 35.2 Å². The van der Waals surface area contributed by atoms with Gasteiger partial charge in [0.1, 0.15) is 5.75 Å². The molecule has 0 atom stereocenters. The molecule has 8 heteroatoms. The molecule has 0 bridgehead atoms. The zero-order chi connectivity index (χ0) is 19.2. The predicted octanol–water partition coefficient (Wildman–Crippen LogP) is 1.76. The molecule has 1 fully saturated rings. The molecule has 1 aliphatic heterocycles. The number of ether oxygens (including phenoxy) is 2. The van der Waals surface area contributed by atoms with Crippen LogP contribution >= 0.6 is 23.6 Å². The standard InChI is InChI=1S/C19H25N3O3S2/c1-3-25-18(23)12-16-13-27-19(26)22(16)14-20-8-10-21(11-9-20)15-4-6-17(24-2)7-5-15/h4-7,13H,3,8-12,14H2,1-2H3/p+1. The fourth-order valence-corrected chi connectivity index (χ4v) is 4.36. The number of benzene rings is 1. The van der Waals surface area contributed by atoms with Gasteiger partial charge in [-0.1, -0.05) is 0 Å². The number of nitrogens with one attached hydrogen (secondary N) is 1. The number of methoxy groups -OCH3 is 1. The summed E-state index contributed by atoms with van der Waals surface area (Å²) < 4.78 is 13.2. The van der Waals surface area contributed by atoms with E-state index in [-0.39, 0.29) is 12.4 Å². The molecule has 1 saturated heterocycles. The molecule has 0 unspecified atom stereocenters. The van der Waals surface area contributed by atoms with E-state index in [0.717, 1.165) is 48.2 Å². The number of piperazine rings is 1. The van der Waals surface area contributed by atoms with E-state index in [2.05, 4.69) is 21.6 Å². The summed E-state index contributed by atoms with van der Waals surface area (Å²) in [5.41, 5.74) is 2.18. The van der Waals surface area contributed by atoms with Gasteiger partial charge in [0, 0.05) is 16.8 Å². The van der Waals surface area contributed by atoms with Crippen LogP contribution in [0.5, 0.6) is 5.75 Å². The van der Waals surface area contributed by atoms with Crippen LogP contribution in [0.25, 0.3) is 0 Å². The van der Waals surface area contributed by atoms with Crippen molar-refractivity contribution in [3.8, 4) is 5.75 Å². The molecule has 6 nitrogen and oxygen atoms in total. The monoisotopic (exact) mass is 408 g/mol. The third kappa shape index (κ3) is 5.09. The molecule has 0 saturated carbocycles. The fraction of sp³-hybridized carbons (Fsp3) is 0.474. The van der Waals surface area contributed by atoms with E-state index < -0.39 is 0 Å².